The number of Topliss-reactive ketones (excluding diaryl/α,β-unsaturated/α-hetero) is 1. The molecule has 1 aliphatic rings. The second kappa shape index (κ2) is 7.48. The summed E-state index contributed by atoms with van der Waals surface area (Å²) in [4.78, 5) is 16.6. The van der Waals surface area contributed by atoms with Crippen LogP contribution in [0.15, 0.2) is 66.1 Å². The van der Waals surface area contributed by atoms with Crippen molar-refractivity contribution in [3.05, 3.63) is 82.3 Å². The largest absolute Gasteiger partial charge is 0.489 e. The lowest BCUT2D eigenvalue weighted by atomic mass is 9.93. The number of aromatic nitrogens is 3. The summed E-state index contributed by atoms with van der Waals surface area (Å²) < 4.78 is 7.67. The molecule has 4 rings (SSSR count). The fraction of sp³-hybridized carbons (Fsp3) is 0.190. The molecule has 0 saturated heterocycles. The van der Waals surface area contributed by atoms with Gasteiger partial charge in [-0.05, 0) is 49.2 Å². The summed E-state index contributed by atoms with van der Waals surface area (Å²) >= 11 is 5.93. The van der Waals surface area contributed by atoms with Crippen LogP contribution in [0.1, 0.15) is 31.0 Å². The summed E-state index contributed by atoms with van der Waals surface area (Å²) in [6.07, 6.45) is 1.48. The molecule has 0 fully saturated rings. The van der Waals surface area contributed by atoms with Gasteiger partial charge in [0.25, 0.3) is 0 Å². The lowest BCUT2D eigenvalue weighted by Gasteiger charge is -2.28. The smallest absolute Gasteiger partial charge is 0.226 e. The standard InChI is InChI=1S/C21H19ClN4O2/c1-13-19(14(2)27)20(26-21(25-13)23-12-24-26)16-4-3-5-18(10-16)28-11-15-6-8-17(22)9-7-15/h3-10,12,20H,11H2,1-2H3,(H,23,24,25). The Balaban J connectivity index is 1.64. The number of carbonyl (C=O) groups excluding carboxylic acids is 1. The molecular formula is C21H19ClN4O2. The van der Waals surface area contributed by atoms with Gasteiger partial charge < -0.3 is 10.1 Å². The van der Waals surface area contributed by atoms with E-state index in [0.717, 1.165) is 16.8 Å². The van der Waals surface area contributed by atoms with Crippen LogP contribution in [0.2, 0.25) is 5.02 Å². The number of ether oxygens (including phenoxy) is 1. The molecule has 0 aliphatic carbocycles. The third-order valence-corrected chi connectivity index (χ3v) is 4.92. The molecule has 2 heterocycles. The molecule has 7 heteroatoms. The van der Waals surface area contributed by atoms with E-state index >= 15 is 0 Å². The van der Waals surface area contributed by atoms with Crippen molar-refractivity contribution < 1.29 is 9.53 Å². The summed E-state index contributed by atoms with van der Waals surface area (Å²) in [5.41, 5.74) is 3.38. The third-order valence-electron chi connectivity index (χ3n) is 4.67. The maximum Gasteiger partial charge on any atom is 0.226 e. The van der Waals surface area contributed by atoms with Crippen molar-refractivity contribution in [1.82, 2.24) is 14.8 Å². The van der Waals surface area contributed by atoms with Gasteiger partial charge in [-0.25, -0.2) is 4.68 Å². The summed E-state index contributed by atoms with van der Waals surface area (Å²) in [5.74, 6) is 1.32. The van der Waals surface area contributed by atoms with E-state index in [1.165, 1.54) is 6.33 Å². The van der Waals surface area contributed by atoms with Crippen LogP contribution in [0.25, 0.3) is 0 Å². The number of rotatable bonds is 5. The summed E-state index contributed by atoms with van der Waals surface area (Å²) in [5, 5.41) is 8.15. The first-order valence-electron chi connectivity index (χ1n) is 8.88. The number of allylic oxidation sites excluding steroid dienone is 2. The fourth-order valence-corrected chi connectivity index (χ4v) is 3.50. The van der Waals surface area contributed by atoms with Crippen LogP contribution in [-0.4, -0.2) is 20.5 Å². The second-order valence-electron chi connectivity index (χ2n) is 6.64. The highest BCUT2D eigenvalue weighted by molar-refractivity contribution is 6.30. The molecule has 1 unspecified atom stereocenters. The van der Waals surface area contributed by atoms with E-state index in [1.807, 2.05) is 55.5 Å². The number of hydrogen-bond acceptors (Lipinski definition) is 5. The van der Waals surface area contributed by atoms with Gasteiger partial charge in [-0.15, -0.1) is 0 Å². The summed E-state index contributed by atoms with van der Waals surface area (Å²) in [6, 6.07) is 14.9. The Labute approximate surface area is 167 Å². The minimum atomic E-state index is -0.352. The Morgan fingerprint density at radius 2 is 2.04 bits per heavy atom. The van der Waals surface area contributed by atoms with Crippen LogP contribution in [0.4, 0.5) is 5.95 Å². The van der Waals surface area contributed by atoms with Crippen LogP contribution in [-0.2, 0) is 11.4 Å². The highest BCUT2D eigenvalue weighted by atomic mass is 35.5. The van der Waals surface area contributed by atoms with Gasteiger partial charge in [0.2, 0.25) is 5.95 Å². The Morgan fingerprint density at radius 1 is 1.25 bits per heavy atom. The van der Waals surface area contributed by atoms with Gasteiger partial charge in [-0.1, -0.05) is 35.9 Å². The van der Waals surface area contributed by atoms with Crippen molar-refractivity contribution in [2.75, 3.05) is 5.32 Å². The second-order valence-corrected chi connectivity index (χ2v) is 7.07. The SMILES string of the molecule is CC(=O)C1=C(C)Nc2ncnn2C1c1cccc(OCc2ccc(Cl)cc2)c1. The van der Waals surface area contributed by atoms with E-state index in [4.69, 9.17) is 16.3 Å². The molecule has 1 atom stereocenters. The highest BCUT2D eigenvalue weighted by Crippen LogP contribution is 2.36. The van der Waals surface area contributed by atoms with E-state index in [1.54, 1.807) is 11.6 Å². The zero-order valence-electron chi connectivity index (χ0n) is 15.5. The molecule has 0 radical (unpaired) electrons. The number of ketones is 1. The van der Waals surface area contributed by atoms with Crippen LogP contribution in [0.5, 0.6) is 5.75 Å². The fourth-order valence-electron chi connectivity index (χ4n) is 3.38. The molecule has 28 heavy (non-hydrogen) atoms. The predicted octanol–water partition coefficient (Wildman–Crippen LogP) is 4.39. The molecule has 0 saturated carbocycles. The van der Waals surface area contributed by atoms with Crippen LogP contribution in [0.3, 0.4) is 0 Å². The quantitative estimate of drug-likeness (QED) is 0.695. The monoisotopic (exact) mass is 394 g/mol. The van der Waals surface area contributed by atoms with E-state index in [2.05, 4.69) is 15.4 Å². The van der Waals surface area contributed by atoms with Gasteiger partial charge in [0.05, 0.1) is 0 Å². The third kappa shape index (κ3) is 3.51. The number of nitrogens with one attached hydrogen (secondary N) is 1. The molecule has 1 aromatic heterocycles. The van der Waals surface area contributed by atoms with Crippen molar-refractivity contribution in [1.29, 1.82) is 0 Å². The van der Waals surface area contributed by atoms with Gasteiger partial charge in [0, 0.05) is 16.3 Å². The predicted molar refractivity (Wildman–Crippen MR) is 107 cm³/mol. The minimum Gasteiger partial charge on any atom is -0.489 e. The van der Waals surface area contributed by atoms with Crippen molar-refractivity contribution in [3.63, 3.8) is 0 Å². The molecule has 0 bridgehead atoms. The van der Waals surface area contributed by atoms with Crippen molar-refractivity contribution in [3.8, 4) is 5.75 Å². The first kappa shape index (κ1) is 18.3. The Hall–Kier alpha value is -3.12. The number of benzene rings is 2. The first-order chi connectivity index (χ1) is 13.5. The van der Waals surface area contributed by atoms with Crippen LogP contribution < -0.4 is 10.1 Å². The van der Waals surface area contributed by atoms with Crippen molar-refractivity contribution >= 4 is 23.3 Å². The lowest BCUT2D eigenvalue weighted by Crippen LogP contribution is -2.27. The average Bonchev–Trinajstić information content (AvgIpc) is 3.14. The summed E-state index contributed by atoms with van der Waals surface area (Å²) in [7, 11) is 0. The van der Waals surface area contributed by atoms with E-state index < -0.39 is 0 Å². The molecule has 0 spiro atoms. The lowest BCUT2D eigenvalue weighted by molar-refractivity contribution is -0.114. The summed E-state index contributed by atoms with van der Waals surface area (Å²) in [6.45, 7) is 3.87. The van der Waals surface area contributed by atoms with Crippen molar-refractivity contribution in [2.45, 2.75) is 26.5 Å². The normalized spacial score (nSPS) is 15.8. The highest BCUT2D eigenvalue weighted by Gasteiger charge is 2.31. The number of carbonyl (C=O) groups is 1. The molecule has 0 amide bonds. The van der Waals surface area contributed by atoms with E-state index in [9.17, 15) is 4.79 Å². The minimum absolute atomic E-state index is 0.0105. The maximum atomic E-state index is 12.3. The maximum absolute atomic E-state index is 12.3. The van der Waals surface area contributed by atoms with Gasteiger partial charge in [-0.2, -0.15) is 10.1 Å². The zero-order chi connectivity index (χ0) is 19.7. The van der Waals surface area contributed by atoms with E-state index in [-0.39, 0.29) is 11.8 Å². The number of hydrogen-bond donors (Lipinski definition) is 1. The van der Waals surface area contributed by atoms with Crippen molar-refractivity contribution in [2.24, 2.45) is 0 Å². The van der Waals surface area contributed by atoms with Gasteiger partial charge >= 0.3 is 0 Å². The topological polar surface area (TPSA) is 69.0 Å². The number of halogens is 1. The zero-order valence-corrected chi connectivity index (χ0v) is 16.3. The Morgan fingerprint density at radius 3 is 2.79 bits per heavy atom. The molecule has 1 N–H and O–H groups in total. The average molecular weight is 395 g/mol. The molecule has 6 nitrogen and oxygen atoms in total. The van der Waals surface area contributed by atoms with E-state index in [0.29, 0.717) is 28.9 Å². The molecule has 1 aliphatic heterocycles. The van der Waals surface area contributed by atoms with Gasteiger partial charge in [0.15, 0.2) is 5.78 Å². The number of anilines is 1. The van der Waals surface area contributed by atoms with Crippen LogP contribution >= 0.6 is 11.6 Å². The van der Waals surface area contributed by atoms with Gasteiger partial charge in [-0.3, -0.25) is 4.79 Å². The number of nitrogens with zero attached hydrogens (tertiary/aromatic N) is 3. The molecular weight excluding hydrogens is 376 g/mol. The Bertz CT molecular complexity index is 1060. The first-order valence-corrected chi connectivity index (χ1v) is 9.26. The molecule has 142 valence electrons. The molecule has 3 aromatic rings. The van der Waals surface area contributed by atoms with Gasteiger partial charge in [0.1, 0.15) is 24.7 Å². The Kier molecular flexibility index (Phi) is 4.88. The molecule has 2 aromatic carbocycles. The van der Waals surface area contributed by atoms with Crippen LogP contribution in [0, 0.1) is 0 Å². The number of fused-ring (bicyclic) bond motifs is 1.